The zero-order chi connectivity index (χ0) is 22.7. The van der Waals surface area contributed by atoms with E-state index in [0.29, 0.717) is 27.1 Å². The van der Waals surface area contributed by atoms with Gasteiger partial charge in [-0.05, 0) is 55.3 Å². The molecule has 0 aliphatic carbocycles. The molecule has 4 nitrogen and oxygen atoms in total. The van der Waals surface area contributed by atoms with Gasteiger partial charge in [-0.2, -0.15) is 0 Å². The Balaban J connectivity index is 1.46. The fourth-order valence-corrected chi connectivity index (χ4v) is 4.52. The van der Waals surface area contributed by atoms with Gasteiger partial charge in [-0.1, -0.05) is 78.1 Å². The second-order valence-corrected chi connectivity index (χ2v) is 9.14. The smallest absolute Gasteiger partial charge is 0.270 e. The molecule has 1 aliphatic heterocycles. The molecule has 1 fully saturated rings. The van der Waals surface area contributed by atoms with Crippen LogP contribution in [0.2, 0.25) is 0 Å². The van der Waals surface area contributed by atoms with E-state index < -0.39 is 0 Å². The van der Waals surface area contributed by atoms with E-state index in [1.165, 1.54) is 29.1 Å². The molecule has 1 amide bonds. The number of aryl methyl sites for hydroxylation is 1. The van der Waals surface area contributed by atoms with Crippen molar-refractivity contribution < 1.29 is 14.3 Å². The molecule has 6 heteroatoms. The lowest BCUT2D eigenvalue weighted by Gasteiger charge is -2.15. The zero-order valence-corrected chi connectivity index (χ0v) is 19.3. The number of ether oxygens (including phenoxy) is 1. The number of thioether (sulfide) groups is 1. The molecule has 0 spiro atoms. The molecule has 0 unspecified atom stereocenters. The van der Waals surface area contributed by atoms with Gasteiger partial charge in [0.2, 0.25) is 0 Å². The van der Waals surface area contributed by atoms with Crippen LogP contribution >= 0.6 is 24.0 Å². The summed E-state index contributed by atoms with van der Waals surface area (Å²) >= 11 is 6.69. The number of ketones is 1. The second kappa shape index (κ2) is 9.51. The molecule has 1 aliphatic rings. The number of carbonyl (C=O) groups is 2. The molecule has 160 valence electrons. The summed E-state index contributed by atoms with van der Waals surface area (Å²) in [6, 6.07) is 22.8. The zero-order valence-electron chi connectivity index (χ0n) is 17.7. The third kappa shape index (κ3) is 4.98. The standard InChI is InChI=1S/C26H21NO3S2/c1-17-6-8-20(9-7-17)16-30-23-12-10-19(11-13-23)14-24-25(29)27(26(31)32-24)22-5-3-4-21(15-22)18(2)28/h3-15H,16H2,1-2H3/b24-14-. The second-order valence-electron chi connectivity index (χ2n) is 7.47. The fraction of sp³-hybridized carbons (Fsp3) is 0.115. The molecule has 4 rings (SSSR count). The first kappa shape index (κ1) is 22.0. The van der Waals surface area contributed by atoms with Crippen molar-refractivity contribution in [1.82, 2.24) is 0 Å². The Hall–Kier alpha value is -3.22. The first-order chi connectivity index (χ1) is 15.4. The Morgan fingerprint density at radius 2 is 1.78 bits per heavy atom. The number of nitrogens with zero attached hydrogens (tertiary/aromatic N) is 1. The predicted octanol–water partition coefficient (Wildman–Crippen LogP) is 6.18. The minimum Gasteiger partial charge on any atom is -0.489 e. The lowest BCUT2D eigenvalue weighted by Crippen LogP contribution is -2.27. The van der Waals surface area contributed by atoms with E-state index in [0.717, 1.165) is 16.9 Å². The molecule has 0 bridgehead atoms. The van der Waals surface area contributed by atoms with Gasteiger partial charge >= 0.3 is 0 Å². The predicted molar refractivity (Wildman–Crippen MR) is 134 cm³/mol. The average molecular weight is 460 g/mol. The van der Waals surface area contributed by atoms with Crippen LogP contribution in [0.4, 0.5) is 5.69 Å². The number of carbonyl (C=O) groups excluding carboxylic acids is 2. The van der Waals surface area contributed by atoms with Crippen LogP contribution in [0.25, 0.3) is 6.08 Å². The number of anilines is 1. The van der Waals surface area contributed by atoms with Crippen molar-refractivity contribution in [3.63, 3.8) is 0 Å². The van der Waals surface area contributed by atoms with E-state index >= 15 is 0 Å². The highest BCUT2D eigenvalue weighted by molar-refractivity contribution is 8.27. The van der Waals surface area contributed by atoms with E-state index in [-0.39, 0.29) is 11.7 Å². The van der Waals surface area contributed by atoms with Gasteiger partial charge in [-0.3, -0.25) is 14.5 Å². The van der Waals surface area contributed by atoms with Crippen molar-refractivity contribution >= 4 is 51.8 Å². The Labute approximate surface area is 196 Å². The van der Waals surface area contributed by atoms with Crippen LogP contribution in [-0.2, 0) is 11.4 Å². The molecule has 3 aromatic carbocycles. The topological polar surface area (TPSA) is 46.6 Å². The van der Waals surface area contributed by atoms with E-state index in [9.17, 15) is 9.59 Å². The summed E-state index contributed by atoms with van der Waals surface area (Å²) in [6.07, 6.45) is 1.82. The molecule has 0 N–H and O–H groups in total. The van der Waals surface area contributed by atoms with Gasteiger partial charge < -0.3 is 4.74 Å². The fourth-order valence-electron chi connectivity index (χ4n) is 3.22. The van der Waals surface area contributed by atoms with Crippen molar-refractivity contribution in [3.8, 4) is 5.75 Å². The molecule has 0 radical (unpaired) electrons. The lowest BCUT2D eigenvalue weighted by atomic mass is 10.1. The summed E-state index contributed by atoms with van der Waals surface area (Å²) in [5, 5.41) is 0. The SMILES string of the molecule is CC(=O)c1cccc(N2C(=O)/C(=C/c3ccc(OCc4ccc(C)cc4)cc3)SC2=S)c1. The van der Waals surface area contributed by atoms with Crippen LogP contribution in [0, 0.1) is 6.92 Å². The molecule has 0 saturated carbocycles. The van der Waals surface area contributed by atoms with Crippen LogP contribution in [0.3, 0.4) is 0 Å². The van der Waals surface area contributed by atoms with Gasteiger partial charge in [-0.25, -0.2) is 0 Å². The van der Waals surface area contributed by atoms with Crippen molar-refractivity contribution in [2.45, 2.75) is 20.5 Å². The first-order valence-electron chi connectivity index (χ1n) is 10.1. The van der Waals surface area contributed by atoms with Crippen LogP contribution in [0.5, 0.6) is 5.75 Å². The van der Waals surface area contributed by atoms with Gasteiger partial charge in [0.15, 0.2) is 10.1 Å². The van der Waals surface area contributed by atoms with Crippen molar-refractivity contribution in [1.29, 1.82) is 0 Å². The Morgan fingerprint density at radius 3 is 2.47 bits per heavy atom. The van der Waals surface area contributed by atoms with E-state index in [1.807, 2.05) is 30.3 Å². The molecule has 1 saturated heterocycles. The summed E-state index contributed by atoms with van der Waals surface area (Å²) in [5.74, 6) is 0.509. The highest BCUT2D eigenvalue weighted by Gasteiger charge is 2.33. The monoisotopic (exact) mass is 459 g/mol. The number of amides is 1. The van der Waals surface area contributed by atoms with Gasteiger partial charge in [0, 0.05) is 5.56 Å². The molecule has 0 atom stereocenters. The molecule has 3 aromatic rings. The van der Waals surface area contributed by atoms with Gasteiger partial charge in [0.05, 0.1) is 10.6 Å². The van der Waals surface area contributed by atoms with E-state index in [2.05, 4.69) is 31.2 Å². The normalized spacial score (nSPS) is 14.8. The van der Waals surface area contributed by atoms with Crippen molar-refractivity contribution in [2.75, 3.05) is 4.90 Å². The lowest BCUT2D eigenvalue weighted by molar-refractivity contribution is -0.113. The maximum Gasteiger partial charge on any atom is 0.270 e. The summed E-state index contributed by atoms with van der Waals surface area (Å²) in [4.78, 5) is 26.7. The summed E-state index contributed by atoms with van der Waals surface area (Å²) < 4.78 is 6.30. The van der Waals surface area contributed by atoms with Crippen LogP contribution < -0.4 is 9.64 Å². The van der Waals surface area contributed by atoms with E-state index in [1.54, 1.807) is 24.3 Å². The Morgan fingerprint density at radius 1 is 1.06 bits per heavy atom. The maximum absolute atomic E-state index is 13.0. The maximum atomic E-state index is 13.0. The van der Waals surface area contributed by atoms with Crippen LogP contribution in [0.15, 0.2) is 77.7 Å². The number of rotatable bonds is 6. The molecular formula is C26H21NO3S2. The van der Waals surface area contributed by atoms with E-state index in [4.69, 9.17) is 17.0 Å². The van der Waals surface area contributed by atoms with Gasteiger partial charge in [-0.15, -0.1) is 0 Å². The van der Waals surface area contributed by atoms with Crippen molar-refractivity contribution in [2.24, 2.45) is 0 Å². The van der Waals surface area contributed by atoms with Crippen LogP contribution in [0.1, 0.15) is 34.0 Å². The molecule has 0 aromatic heterocycles. The molecular weight excluding hydrogens is 438 g/mol. The average Bonchev–Trinajstić information content (AvgIpc) is 3.07. The Bertz CT molecular complexity index is 1210. The highest BCUT2D eigenvalue weighted by atomic mass is 32.2. The third-order valence-electron chi connectivity index (χ3n) is 5.01. The summed E-state index contributed by atoms with van der Waals surface area (Å²) in [6.45, 7) is 4.05. The summed E-state index contributed by atoms with van der Waals surface area (Å²) in [7, 11) is 0. The van der Waals surface area contributed by atoms with Crippen LogP contribution in [-0.4, -0.2) is 16.0 Å². The Kier molecular flexibility index (Phi) is 6.53. The third-order valence-corrected chi connectivity index (χ3v) is 6.31. The summed E-state index contributed by atoms with van der Waals surface area (Å²) in [5.41, 5.74) is 4.35. The molecule has 32 heavy (non-hydrogen) atoms. The number of hydrogen-bond acceptors (Lipinski definition) is 5. The van der Waals surface area contributed by atoms with Crippen molar-refractivity contribution in [3.05, 3.63) is 100.0 Å². The minimum absolute atomic E-state index is 0.0579. The quantitative estimate of drug-likeness (QED) is 0.250. The number of Topliss-reactive ketones (excluding diaryl/α,β-unsaturated/α-hetero) is 1. The van der Waals surface area contributed by atoms with Gasteiger partial charge in [0.25, 0.3) is 5.91 Å². The molecule has 1 heterocycles. The number of hydrogen-bond donors (Lipinski definition) is 0. The highest BCUT2D eigenvalue weighted by Crippen LogP contribution is 2.36. The van der Waals surface area contributed by atoms with Gasteiger partial charge in [0.1, 0.15) is 12.4 Å². The number of benzene rings is 3. The number of thiocarbonyl (C=S) groups is 1. The largest absolute Gasteiger partial charge is 0.489 e. The first-order valence-corrected chi connectivity index (χ1v) is 11.3. The minimum atomic E-state index is -0.194.